The zero-order chi connectivity index (χ0) is 17.7. The van der Waals surface area contributed by atoms with Crippen LogP contribution in [-0.2, 0) is 0 Å². The number of halogens is 5. The van der Waals surface area contributed by atoms with Crippen LogP contribution in [0.4, 0.5) is 22.0 Å². The number of benzene rings is 2. The minimum absolute atomic E-state index is 0.0751. The first kappa shape index (κ1) is 18.0. The molecule has 2 aromatic carbocycles. The molecule has 0 bridgehead atoms. The van der Waals surface area contributed by atoms with E-state index in [4.69, 9.17) is 4.74 Å². The molecule has 0 aromatic heterocycles. The largest absolute Gasteiger partial charge is 0.573 e. The molecule has 0 fully saturated rings. The van der Waals surface area contributed by atoms with Crippen LogP contribution in [0.5, 0.6) is 11.5 Å². The molecule has 0 aliphatic heterocycles. The molecule has 0 aliphatic carbocycles. The third-order valence-corrected chi connectivity index (χ3v) is 3.20. The van der Waals surface area contributed by atoms with Gasteiger partial charge in [0.05, 0.1) is 6.61 Å². The Morgan fingerprint density at radius 3 is 2.17 bits per heavy atom. The molecule has 0 heterocycles. The van der Waals surface area contributed by atoms with Crippen molar-refractivity contribution in [3.63, 3.8) is 0 Å². The molecule has 2 aromatic rings. The molecule has 130 valence electrons. The number of alkyl halides is 3. The summed E-state index contributed by atoms with van der Waals surface area (Å²) in [6, 6.07) is 7.12. The van der Waals surface area contributed by atoms with Crippen LogP contribution in [0.1, 0.15) is 19.8 Å². The highest BCUT2D eigenvalue weighted by Crippen LogP contribution is 2.31. The first-order valence-electron chi connectivity index (χ1n) is 7.29. The van der Waals surface area contributed by atoms with Crippen molar-refractivity contribution in [2.24, 2.45) is 0 Å². The van der Waals surface area contributed by atoms with Crippen LogP contribution in [0.2, 0.25) is 0 Å². The molecule has 2 nitrogen and oxygen atoms in total. The fourth-order valence-corrected chi connectivity index (χ4v) is 2.03. The fourth-order valence-electron chi connectivity index (χ4n) is 2.03. The van der Waals surface area contributed by atoms with Crippen molar-refractivity contribution in [2.45, 2.75) is 26.1 Å². The van der Waals surface area contributed by atoms with Crippen molar-refractivity contribution in [3.8, 4) is 22.6 Å². The molecule has 2 rings (SSSR count). The van der Waals surface area contributed by atoms with Gasteiger partial charge in [-0.1, -0.05) is 25.5 Å². The Bertz CT molecular complexity index is 681. The number of hydrogen-bond acceptors (Lipinski definition) is 2. The molecular formula is C17H15F5O2. The predicted molar refractivity (Wildman–Crippen MR) is 78.9 cm³/mol. The summed E-state index contributed by atoms with van der Waals surface area (Å²) < 4.78 is 73.4. The first-order valence-corrected chi connectivity index (χ1v) is 7.29. The van der Waals surface area contributed by atoms with Gasteiger partial charge in [-0.25, -0.2) is 4.39 Å². The van der Waals surface area contributed by atoms with Crippen molar-refractivity contribution < 1.29 is 31.4 Å². The van der Waals surface area contributed by atoms with Gasteiger partial charge in [0, 0.05) is 5.56 Å². The third kappa shape index (κ3) is 4.59. The van der Waals surface area contributed by atoms with Crippen LogP contribution < -0.4 is 9.47 Å². The molecule has 7 heteroatoms. The molecule has 0 spiro atoms. The van der Waals surface area contributed by atoms with Gasteiger partial charge in [-0.2, -0.15) is 4.39 Å². The van der Waals surface area contributed by atoms with Gasteiger partial charge < -0.3 is 9.47 Å². The monoisotopic (exact) mass is 346 g/mol. The van der Waals surface area contributed by atoms with Gasteiger partial charge in [0.1, 0.15) is 5.75 Å². The van der Waals surface area contributed by atoms with Gasteiger partial charge in [0.2, 0.25) is 5.82 Å². The summed E-state index contributed by atoms with van der Waals surface area (Å²) in [5.74, 6) is -2.87. The van der Waals surface area contributed by atoms with Gasteiger partial charge >= 0.3 is 6.36 Å². The van der Waals surface area contributed by atoms with Crippen molar-refractivity contribution in [2.75, 3.05) is 6.61 Å². The minimum atomic E-state index is -4.81. The van der Waals surface area contributed by atoms with E-state index in [9.17, 15) is 22.0 Å². The maximum absolute atomic E-state index is 14.2. The summed E-state index contributed by atoms with van der Waals surface area (Å²) in [5.41, 5.74) is 0.148. The van der Waals surface area contributed by atoms with Crippen LogP contribution in [0, 0.1) is 11.6 Å². The van der Waals surface area contributed by atoms with E-state index in [2.05, 4.69) is 4.74 Å². The van der Waals surface area contributed by atoms with Crippen LogP contribution in [0.25, 0.3) is 11.1 Å². The molecule has 0 amide bonds. The Kier molecular flexibility index (Phi) is 5.64. The highest BCUT2D eigenvalue weighted by Gasteiger charge is 2.31. The predicted octanol–water partition coefficient (Wildman–Crippen LogP) is 5.71. The van der Waals surface area contributed by atoms with E-state index in [0.717, 1.165) is 18.6 Å². The van der Waals surface area contributed by atoms with Crippen molar-refractivity contribution in [1.29, 1.82) is 0 Å². The van der Waals surface area contributed by atoms with Gasteiger partial charge in [-0.05, 0) is 36.2 Å². The van der Waals surface area contributed by atoms with E-state index >= 15 is 0 Å². The van der Waals surface area contributed by atoms with E-state index in [1.807, 2.05) is 6.92 Å². The van der Waals surface area contributed by atoms with Gasteiger partial charge in [0.25, 0.3) is 0 Å². The molecule has 0 saturated heterocycles. The van der Waals surface area contributed by atoms with Crippen LogP contribution in [-0.4, -0.2) is 13.0 Å². The standard InChI is InChI=1S/C17H15F5O2/c1-2-3-10-23-14-9-8-13(15(18)16(14)19)11-4-6-12(7-5-11)24-17(20,21)22/h4-9H,2-3,10H2,1H3. The second-order valence-corrected chi connectivity index (χ2v) is 5.01. The summed E-state index contributed by atoms with van der Waals surface area (Å²) in [5, 5.41) is 0. The lowest BCUT2D eigenvalue weighted by atomic mass is 10.0. The summed E-state index contributed by atoms with van der Waals surface area (Å²) in [4.78, 5) is 0. The van der Waals surface area contributed by atoms with Crippen LogP contribution >= 0.6 is 0 Å². The Balaban J connectivity index is 2.21. The van der Waals surface area contributed by atoms with Crippen molar-refractivity contribution >= 4 is 0 Å². The molecule has 0 aliphatic rings. The van der Waals surface area contributed by atoms with E-state index in [1.165, 1.54) is 24.3 Å². The van der Waals surface area contributed by atoms with E-state index in [-0.39, 0.29) is 23.5 Å². The maximum atomic E-state index is 14.2. The summed E-state index contributed by atoms with van der Waals surface area (Å²) in [7, 11) is 0. The van der Waals surface area contributed by atoms with Crippen molar-refractivity contribution in [1.82, 2.24) is 0 Å². The van der Waals surface area contributed by atoms with Crippen LogP contribution in [0.3, 0.4) is 0 Å². The van der Waals surface area contributed by atoms with E-state index < -0.39 is 23.7 Å². The normalized spacial score (nSPS) is 11.4. The molecule has 0 atom stereocenters. The van der Waals surface area contributed by atoms with Crippen molar-refractivity contribution in [3.05, 3.63) is 48.0 Å². The highest BCUT2D eigenvalue weighted by atomic mass is 19.4. The number of unbranched alkanes of at least 4 members (excludes halogenated alkanes) is 1. The van der Waals surface area contributed by atoms with Gasteiger partial charge in [0.15, 0.2) is 11.6 Å². The Morgan fingerprint density at radius 2 is 1.58 bits per heavy atom. The van der Waals surface area contributed by atoms with E-state index in [1.54, 1.807) is 0 Å². The lowest BCUT2D eigenvalue weighted by Crippen LogP contribution is -2.16. The SMILES string of the molecule is CCCCOc1ccc(-c2ccc(OC(F)(F)F)cc2)c(F)c1F. The molecule has 0 N–H and O–H groups in total. The maximum Gasteiger partial charge on any atom is 0.573 e. The fraction of sp³-hybridized carbons (Fsp3) is 0.294. The van der Waals surface area contributed by atoms with E-state index in [0.29, 0.717) is 6.42 Å². The summed E-state index contributed by atoms with van der Waals surface area (Å²) in [6.45, 7) is 2.21. The average molecular weight is 346 g/mol. The molecule has 0 radical (unpaired) electrons. The molecule has 0 saturated carbocycles. The van der Waals surface area contributed by atoms with Gasteiger partial charge in [-0.15, -0.1) is 13.2 Å². The number of hydrogen-bond donors (Lipinski definition) is 0. The first-order chi connectivity index (χ1) is 11.3. The Hall–Kier alpha value is -2.31. The molecule has 0 unspecified atom stereocenters. The zero-order valence-electron chi connectivity index (χ0n) is 12.8. The third-order valence-electron chi connectivity index (χ3n) is 3.20. The lowest BCUT2D eigenvalue weighted by molar-refractivity contribution is -0.274. The Labute approximate surface area is 135 Å². The second-order valence-electron chi connectivity index (χ2n) is 5.01. The second kappa shape index (κ2) is 7.51. The quantitative estimate of drug-likeness (QED) is 0.493. The molecule has 24 heavy (non-hydrogen) atoms. The lowest BCUT2D eigenvalue weighted by Gasteiger charge is -2.11. The van der Waals surface area contributed by atoms with Gasteiger partial charge in [-0.3, -0.25) is 0 Å². The number of rotatable bonds is 6. The van der Waals surface area contributed by atoms with Crippen LogP contribution in [0.15, 0.2) is 36.4 Å². The smallest absolute Gasteiger partial charge is 0.490 e. The highest BCUT2D eigenvalue weighted by molar-refractivity contribution is 5.66. The Morgan fingerprint density at radius 1 is 0.917 bits per heavy atom. The average Bonchev–Trinajstić information content (AvgIpc) is 2.51. The zero-order valence-corrected chi connectivity index (χ0v) is 12.8. The number of ether oxygens (including phenoxy) is 2. The topological polar surface area (TPSA) is 18.5 Å². The summed E-state index contributed by atoms with van der Waals surface area (Å²) in [6.07, 6.45) is -3.24. The summed E-state index contributed by atoms with van der Waals surface area (Å²) >= 11 is 0. The molecular weight excluding hydrogens is 331 g/mol. The minimum Gasteiger partial charge on any atom is -0.490 e.